The van der Waals surface area contributed by atoms with Gasteiger partial charge in [-0.2, -0.15) is 0 Å². The fourth-order valence-corrected chi connectivity index (χ4v) is 2.32. The van der Waals surface area contributed by atoms with Gasteiger partial charge in [-0.15, -0.1) is 0 Å². The number of aryl methyl sites for hydroxylation is 1. The highest BCUT2D eigenvalue weighted by Gasteiger charge is 2.43. The Bertz CT molecular complexity index is 370. The largest absolute Gasteiger partial charge is 0.496 e. The molecule has 1 aromatic carbocycles. The molecule has 1 saturated carbocycles. The minimum Gasteiger partial charge on any atom is -0.496 e. The van der Waals surface area contributed by atoms with E-state index in [4.69, 9.17) is 10.5 Å². The molecule has 3 N–H and O–H groups in total. The van der Waals surface area contributed by atoms with Gasteiger partial charge in [-0.1, -0.05) is 18.2 Å². The molecule has 82 valence electrons. The van der Waals surface area contributed by atoms with E-state index in [0.717, 1.165) is 16.9 Å². The van der Waals surface area contributed by atoms with Crippen LogP contribution in [0.5, 0.6) is 5.75 Å². The number of ether oxygens (including phenoxy) is 1. The quantitative estimate of drug-likeness (QED) is 0.768. The number of hydrogen-bond acceptors (Lipinski definition) is 3. The summed E-state index contributed by atoms with van der Waals surface area (Å²) in [7, 11) is 1.66. The lowest BCUT2D eigenvalue weighted by Crippen LogP contribution is -2.51. The Balaban J connectivity index is 2.40. The zero-order valence-corrected chi connectivity index (χ0v) is 9.16. The number of nitrogens with two attached hydrogens (primary N) is 1. The van der Waals surface area contributed by atoms with E-state index >= 15 is 0 Å². The van der Waals surface area contributed by atoms with Crippen molar-refractivity contribution < 1.29 is 9.84 Å². The van der Waals surface area contributed by atoms with Gasteiger partial charge >= 0.3 is 0 Å². The molecule has 0 saturated heterocycles. The molecule has 1 aliphatic carbocycles. The highest BCUT2D eigenvalue weighted by atomic mass is 16.5. The molecule has 0 aliphatic heterocycles. The van der Waals surface area contributed by atoms with Crippen LogP contribution in [0.4, 0.5) is 0 Å². The summed E-state index contributed by atoms with van der Waals surface area (Å²) in [5.41, 5.74) is 7.91. The summed E-state index contributed by atoms with van der Waals surface area (Å²) in [4.78, 5) is 0. The predicted molar refractivity (Wildman–Crippen MR) is 58.8 cm³/mol. The number of methoxy groups -OCH3 is 1. The zero-order chi connectivity index (χ0) is 11.1. The van der Waals surface area contributed by atoms with Gasteiger partial charge in [0.15, 0.2) is 0 Å². The van der Waals surface area contributed by atoms with E-state index in [1.807, 2.05) is 25.1 Å². The summed E-state index contributed by atoms with van der Waals surface area (Å²) in [5, 5.41) is 9.36. The maximum atomic E-state index is 9.36. The van der Waals surface area contributed by atoms with Crippen molar-refractivity contribution >= 4 is 0 Å². The highest BCUT2D eigenvalue weighted by Crippen LogP contribution is 2.43. The third kappa shape index (κ3) is 1.62. The van der Waals surface area contributed by atoms with Gasteiger partial charge in [-0.05, 0) is 25.3 Å². The third-order valence-corrected chi connectivity index (χ3v) is 3.15. The number of aliphatic hydroxyl groups is 1. The minimum absolute atomic E-state index is 0.264. The first-order chi connectivity index (χ1) is 7.07. The Hall–Kier alpha value is -1.06. The van der Waals surface area contributed by atoms with Crippen molar-refractivity contribution in [2.75, 3.05) is 7.11 Å². The fourth-order valence-electron chi connectivity index (χ4n) is 2.32. The first kappa shape index (κ1) is 10.5. The number of hydrogen-bond donors (Lipinski definition) is 2. The molecule has 3 heteroatoms. The maximum absolute atomic E-state index is 9.36. The molecule has 0 atom stereocenters. The van der Waals surface area contributed by atoms with Gasteiger partial charge in [0.2, 0.25) is 0 Å². The molecule has 0 amide bonds. The van der Waals surface area contributed by atoms with Crippen LogP contribution >= 0.6 is 0 Å². The van der Waals surface area contributed by atoms with Crippen LogP contribution < -0.4 is 10.5 Å². The molecule has 1 aliphatic rings. The number of rotatable bonds is 2. The fraction of sp³-hybridized carbons (Fsp3) is 0.500. The van der Waals surface area contributed by atoms with Gasteiger partial charge in [-0.3, -0.25) is 0 Å². The molecule has 3 nitrogen and oxygen atoms in total. The Labute approximate surface area is 89.9 Å². The summed E-state index contributed by atoms with van der Waals surface area (Å²) in [6, 6.07) is 5.96. The van der Waals surface area contributed by atoms with E-state index in [-0.39, 0.29) is 6.10 Å². The molecule has 0 radical (unpaired) electrons. The van der Waals surface area contributed by atoms with Crippen LogP contribution in [-0.4, -0.2) is 18.3 Å². The molecular formula is C12H17NO2. The first-order valence-electron chi connectivity index (χ1n) is 5.18. The standard InChI is InChI=1S/C12H17NO2/c1-8-4-3-5-10(11(8)15-2)12(13)6-9(14)7-12/h3-5,9,14H,6-7,13H2,1-2H3. The second-order valence-electron chi connectivity index (χ2n) is 4.37. The molecule has 0 heterocycles. The van der Waals surface area contributed by atoms with Crippen molar-refractivity contribution in [3.63, 3.8) is 0 Å². The zero-order valence-electron chi connectivity index (χ0n) is 9.16. The van der Waals surface area contributed by atoms with Crippen molar-refractivity contribution in [1.82, 2.24) is 0 Å². The average Bonchev–Trinajstić information content (AvgIpc) is 2.15. The van der Waals surface area contributed by atoms with Crippen LogP contribution in [-0.2, 0) is 5.54 Å². The molecule has 0 spiro atoms. The third-order valence-electron chi connectivity index (χ3n) is 3.15. The van der Waals surface area contributed by atoms with E-state index < -0.39 is 5.54 Å². The molecule has 0 bridgehead atoms. The Morgan fingerprint density at radius 2 is 2.13 bits per heavy atom. The van der Waals surface area contributed by atoms with Crippen molar-refractivity contribution in [1.29, 1.82) is 0 Å². The van der Waals surface area contributed by atoms with Crippen LogP contribution in [0.1, 0.15) is 24.0 Å². The number of para-hydroxylation sites is 1. The second-order valence-corrected chi connectivity index (χ2v) is 4.37. The lowest BCUT2D eigenvalue weighted by atomic mass is 9.70. The smallest absolute Gasteiger partial charge is 0.126 e. The minimum atomic E-state index is -0.406. The van der Waals surface area contributed by atoms with Gasteiger partial charge in [0.05, 0.1) is 13.2 Å². The van der Waals surface area contributed by atoms with E-state index in [1.165, 1.54) is 0 Å². The normalized spacial score (nSPS) is 29.7. The van der Waals surface area contributed by atoms with E-state index in [1.54, 1.807) is 7.11 Å². The monoisotopic (exact) mass is 207 g/mol. The predicted octanol–water partition coefficient (Wildman–Crippen LogP) is 1.31. The van der Waals surface area contributed by atoms with E-state index in [9.17, 15) is 5.11 Å². The van der Waals surface area contributed by atoms with Crippen LogP contribution in [0.2, 0.25) is 0 Å². The summed E-state index contributed by atoms with van der Waals surface area (Å²) in [6.45, 7) is 2.00. The first-order valence-corrected chi connectivity index (χ1v) is 5.18. The Morgan fingerprint density at radius 3 is 2.67 bits per heavy atom. The number of benzene rings is 1. The molecule has 1 fully saturated rings. The maximum Gasteiger partial charge on any atom is 0.126 e. The molecule has 15 heavy (non-hydrogen) atoms. The van der Waals surface area contributed by atoms with Gasteiger partial charge in [0, 0.05) is 11.1 Å². The van der Waals surface area contributed by atoms with Crippen molar-refractivity contribution in [3.05, 3.63) is 29.3 Å². The van der Waals surface area contributed by atoms with E-state index in [0.29, 0.717) is 12.8 Å². The lowest BCUT2D eigenvalue weighted by molar-refractivity contribution is 0.0198. The highest BCUT2D eigenvalue weighted by molar-refractivity contribution is 5.46. The van der Waals surface area contributed by atoms with Crippen LogP contribution in [0.15, 0.2) is 18.2 Å². The number of aliphatic hydroxyl groups excluding tert-OH is 1. The summed E-state index contributed by atoms with van der Waals surface area (Å²) >= 11 is 0. The van der Waals surface area contributed by atoms with Crippen LogP contribution in [0.3, 0.4) is 0 Å². The molecule has 0 aromatic heterocycles. The van der Waals surface area contributed by atoms with E-state index in [2.05, 4.69) is 0 Å². The average molecular weight is 207 g/mol. The van der Waals surface area contributed by atoms with Crippen molar-refractivity contribution in [3.8, 4) is 5.75 Å². The van der Waals surface area contributed by atoms with Crippen LogP contribution in [0, 0.1) is 6.92 Å². The molecule has 2 rings (SSSR count). The van der Waals surface area contributed by atoms with Crippen molar-refractivity contribution in [2.24, 2.45) is 5.73 Å². The summed E-state index contributed by atoms with van der Waals surface area (Å²) in [5.74, 6) is 0.854. The van der Waals surface area contributed by atoms with Gasteiger partial charge < -0.3 is 15.6 Å². The molecule has 0 unspecified atom stereocenters. The van der Waals surface area contributed by atoms with Gasteiger partial charge in [-0.25, -0.2) is 0 Å². The van der Waals surface area contributed by atoms with Crippen LogP contribution in [0.25, 0.3) is 0 Å². The van der Waals surface area contributed by atoms with Gasteiger partial charge in [0.25, 0.3) is 0 Å². The Kier molecular flexibility index (Phi) is 2.44. The topological polar surface area (TPSA) is 55.5 Å². The van der Waals surface area contributed by atoms with Gasteiger partial charge in [0.1, 0.15) is 5.75 Å². The molecular weight excluding hydrogens is 190 g/mol. The SMILES string of the molecule is COc1c(C)cccc1C1(N)CC(O)C1. The Morgan fingerprint density at radius 1 is 1.47 bits per heavy atom. The second kappa shape index (κ2) is 3.51. The lowest BCUT2D eigenvalue weighted by Gasteiger charge is -2.43. The summed E-state index contributed by atoms with van der Waals surface area (Å²) < 4.78 is 5.37. The summed E-state index contributed by atoms with van der Waals surface area (Å²) in [6.07, 6.45) is 0.972. The molecule has 1 aromatic rings. The van der Waals surface area contributed by atoms with Crippen molar-refractivity contribution in [2.45, 2.75) is 31.4 Å².